The van der Waals surface area contributed by atoms with Crippen LogP contribution in [-0.2, 0) is 4.79 Å². The van der Waals surface area contributed by atoms with Gasteiger partial charge in [0, 0.05) is 6.04 Å². The van der Waals surface area contributed by atoms with Crippen molar-refractivity contribution in [3.63, 3.8) is 0 Å². The molecule has 0 saturated heterocycles. The highest BCUT2D eigenvalue weighted by atomic mass is 16.4. The summed E-state index contributed by atoms with van der Waals surface area (Å²) in [6, 6.07) is 0.447. The molecule has 0 spiro atoms. The first kappa shape index (κ1) is 11.5. The molecule has 0 radical (unpaired) electrons. The molecule has 2 N–H and O–H groups in total. The first-order valence-electron chi connectivity index (χ1n) is 5.45. The Morgan fingerprint density at radius 3 is 2.50 bits per heavy atom. The lowest BCUT2D eigenvalue weighted by atomic mass is 9.92. The van der Waals surface area contributed by atoms with Crippen molar-refractivity contribution in [2.75, 3.05) is 0 Å². The third-order valence-electron chi connectivity index (χ3n) is 2.79. The van der Waals surface area contributed by atoms with E-state index in [-0.39, 0.29) is 0 Å². The van der Waals surface area contributed by atoms with Crippen molar-refractivity contribution in [2.24, 2.45) is 5.92 Å². The third kappa shape index (κ3) is 3.29. The topological polar surface area (TPSA) is 49.3 Å². The van der Waals surface area contributed by atoms with Crippen LogP contribution in [0.3, 0.4) is 0 Å². The minimum atomic E-state index is -0.718. The molecule has 1 atom stereocenters. The van der Waals surface area contributed by atoms with Crippen LogP contribution in [0.5, 0.6) is 0 Å². The van der Waals surface area contributed by atoms with Crippen molar-refractivity contribution in [1.82, 2.24) is 5.32 Å². The standard InChI is InChI=1S/C11H21NO2/c1-8(2)6-7-11(3,10(13)14)12-9-4-5-9/h8-9,12H,4-7H2,1-3H3,(H,13,14). The molecular formula is C11H21NO2. The Morgan fingerprint density at radius 2 is 2.14 bits per heavy atom. The van der Waals surface area contributed by atoms with E-state index >= 15 is 0 Å². The highest BCUT2D eigenvalue weighted by molar-refractivity contribution is 5.78. The maximum absolute atomic E-state index is 11.1. The van der Waals surface area contributed by atoms with E-state index in [9.17, 15) is 4.79 Å². The van der Waals surface area contributed by atoms with Crippen LogP contribution in [0.25, 0.3) is 0 Å². The molecule has 3 nitrogen and oxygen atoms in total. The summed E-state index contributed by atoms with van der Waals surface area (Å²) in [5, 5.41) is 12.4. The van der Waals surface area contributed by atoms with Gasteiger partial charge in [-0.05, 0) is 38.5 Å². The average Bonchev–Trinajstić information content (AvgIpc) is 2.84. The number of hydrogen-bond donors (Lipinski definition) is 2. The Morgan fingerprint density at radius 1 is 1.57 bits per heavy atom. The van der Waals surface area contributed by atoms with Crippen LogP contribution in [0.4, 0.5) is 0 Å². The SMILES string of the molecule is CC(C)CCC(C)(NC1CC1)C(=O)O. The van der Waals surface area contributed by atoms with Crippen LogP contribution < -0.4 is 5.32 Å². The molecule has 0 amide bonds. The van der Waals surface area contributed by atoms with Crippen molar-refractivity contribution < 1.29 is 9.90 Å². The second-order valence-electron chi connectivity index (χ2n) is 4.99. The minimum absolute atomic E-state index is 0.447. The molecule has 82 valence electrons. The van der Waals surface area contributed by atoms with E-state index in [0.29, 0.717) is 12.0 Å². The fraction of sp³-hybridized carbons (Fsp3) is 0.909. The smallest absolute Gasteiger partial charge is 0.323 e. The molecule has 0 aromatic heterocycles. The Labute approximate surface area is 85.9 Å². The maximum atomic E-state index is 11.1. The Kier molecular flexibility index (Phi) is 3.53. The summed E-state index contributed by atoms with van der Waals surface area (Å²) in [6.45, 7) is 6.05. The van der Waals surface area contributed by atoms with Crippen molar-refractivity contribution in [1.29, 1.82) is 0 Å². The number of carbonyl (C=O) groups is 1. The molecule has 0 aromatic rings. The molecule has 1 unspecified atom stereocenters. The monoisotopic (exact) mass is 199 g/mol. The molecule has 1 aliphatic rings. The highest BCUT2D eigenvalue weighted by Gasteiger charge is 2.37. The highest BCUT2D eigenvalue weighted by Crippen LogP contribution is 2.25. The molecular weight excluding hydrogens is 178 g/mol. The van der Waals surface area contributed by atoms with Gasteiger partial charge in [0.25, 0.3) is 0 Å². The number of carboxylic acids is 1. The predicted octanol–water partition coefficient (Wildman–Crippen LogP) is 2.02. The van der Waals surface area contributed by atoms with Crippen LogP contribution >= 0.6 is 0 Å². The lowest BCUT2D eigenvalue weighted by molar-refractivity contribution is -0.144. The quantitative estimate of drug-likeness (QED) is 0.688. The van der Waals surface area contributed by atoms with Gasteiger partial charge in [-0.2, -0.15) is 0 Å². The van der Waals surface area contributed by atoms with E-state index in [0.717, 1.165) is 25.7 Å². The molecule has 1 fully saturated rings. The van der Waals surface area contributed by atoms with Gasteiger partial charge in [0.1, 0.15) is 5.54 Å². The van der Waals surface area contributed by atoms with Crippen molar-refractivity contribution in [3.8, 4) is 0 Å². The Bertz CT molecular complexity index is 211. The van der Waals surface area contributed by atoms with Crippen molar-refractivity contribution >= 4 is 5.97 Å². The lowest BCUT2D eigenvalue weighted by Gasteiger charge is -2.27. The largest absolute Gasteiger partial charge is 0.480 e. The molecule has 0 heterocycles. The third-order valence-corrected chi connectivity index (χ3v) is 2.79. The summed E-state index contributed by atoms with van der Waals surface area (Å²) >= 11 is 0. The summed E-state index contributed by atoms with van der Waals surface area (Å²) in [5.74, 6) is -0.153. The molecule has 0 bridgehead atoms. The summed E-state index contributed by atoms with van der Waals surface area (Å²) in [5.41, 5.74) is -0.717. The van der Waals surface area contributed by atoms with E-state index in [2.05, 4.69) is 19.2 Å². The van der Waals surface area contributed by atoms with Gasteiger partial charge in [-0.25, -0.2) is 0 Å². The first-order valence-corrected chi connectivity index (χ1v) is 5.45. The van der Waals surface area contributed by atoms with Crippen LogP contribution in [-0.4, -0.2) is 22.7 Å². The normalized spacial score (nSPS) is 20.9. The predicted molar refractivity (Wildman–Crippen MR) is 56.3 cm³/mol. The van der Waals surface area contributed by atoms with Crippen LogP contribution in [0.2, 0.25) is 0 Å². The van der Waals surface area contributed by atoms with E-state index < -0.39 is 11.5 Å². The molecule has 3 heteroatoms. The molecule has 0 aliphatic heterocycles. The van der Waals surface area contributed by atoms with Gasteiger partial charge >= 0.3 is 5.97 Å². The Balaban J connectivity index is 2.46. The molecule has 14 heavy (non-hydrogen) atoms. The number of carboxylic acid groups (broad SMARTS) is 1. The number of aliphatic carboxylic acids is 1. The van der Waals surface area contributed by atoms with Crippen LogP contribution in [0.1, 0.15) is 46.5 Å². The second-order valence-corrected chi connectivity index (χ2v) is 4.99. The average molecular weight is 199 g/mol. The molecule has 0 aromatic carbocycles. The van der Waals surface area contributed by atoms with Gasteiger partial charge in [0.15, 0.2) is 0 Å². The van der Waals surface area contributed by atoms with E-state index in [4.69, 9.17) is 5.11 Å². The molecule has 1 saturated carbocycles. The maximum Gasteiger partial charge on any atom is 0.323 e. The minimum Gasteiger partial charge on any atom is -0.480 e. The first-order chi connectivity index (χ1) is 6.44. The van der Waals surface area contributed by atoms with Gasteiger partial charge in [-0.15, -0.1) is 0 Å². The van der Waals surface area contributed by atoms with Gasteiger partial charge in [0.2, 0.25) is 0 Å². The summed E-state index contributed by atoms with van der Waals surface area (Å²) in [7, 11) is 0. The van der Waals surface area contributed by atoms with Gasteiger partial charge < -0.3 is 5.11 Å². The zero-order valence-corrected chi connectivity index (χ0v) is 9.34. The lowest BCUT2D eigenvalue weighted by Crippen LogP contribution is -2.50. The summed E-state index contributed by atoms with van der Waals surface area (Å²) < 4.78 is 0. The summed E-state index contributed by atoms with van der Waals surface area (Å²) in [4.78, 5) is 11.1. The number of nitrogens with one attached hydrogen (secondary N) is 1. The number of rotatable bonds is 6. The molecule has 1 aliphatic carbocycles. The Hall–Kier alpha value is -0.570. The fourth-order valence-corrected chi connectivity index (χ4v) is 1.50. The van der Waals surface area contributed by atoms with Gasteiger partial charge in [-0.3, -0.25) is 10.1 Å². The van der Waals surface area contributed by atoms with Gasteiger partial charge in [-0.1, -0.05) is 13.8 Å². The van der Waals surface area contributed by atoms with Crippen molar-refractivity contribution in [3.05, 3.63) is 0 Å². The zero-order chi connectivity index (χ0) is 10.8. The number of hydrogen-bond acceptors (Lipinski definition) is 2. The zero-order valence-electron chi connectivity index (χ0n) is 9.34. The van der Waals surface area contributed by atoms with Crippen molar-refractivity contribution in [2.45, 2.75) is 58.0 Å². The summed E-state index contributed by atoms with van der Waals surface area (Å²) in [6.07, 6.45) is 3.94. The second kappa shape index (κ2) is 4.30. The van der Waals surface area contributed by atoms with Crippen LogP contribution in [0.15, 0.2) is 0 Å². The fourth-order valence-electron chi connectivity index (χ4n) is 1.50. The van der Waals surface area contributed by atoms with Gasteiger partial charge in [0.05, 0.1) is 0 Å². The van der Waals surface area contributed by atoms with Crippen LogP contribution in [0, 0.1) is 5.92 Å². The van der Waals surface area contributed by atoms with E-state index in [1.807, 2.05) is 0 Å². The molecule has 1 rings (SSSR count). The van der Waals surface area contributed by atoms with E-state index in [1.165, 1.54) is 0 Å². The van der Waals surface area contributed by atoms with E-state index in [1.54, 1.807) is 6.92 Å².